The van der Waals surface area contributed by atoms with E-state index >= 15 is 0 Å². The lowest BCUT2D eigenvalue weighted by Crippen LogP contribution is -2.19. The van der Waals surface area contributed by atoms with Crippen molar-refractivity contribution < 1.29 is 14.3 Å². The Morgan fingerprint density at radius 1 is 1.21 bits per heavy atom. The third-order valence-corrected chi connectivity index (χ3v) is 2.41. The van der Waals surface area contributed by atoms with Crippen molar-refractivity contribution in [3.8, 4) is 11.7 Å². The first-order chi connectivity index (χ1) is 9.15. The summed E-state index contributed by atoms with van der Waals surface area (Å²) < 4.78 is 10.7. The van der Waals surface area contributed by atoms with Gasteiger partial charge >= 0.3 is 12.0 Å². The van der Waals surface area contributed by atoms with Crippen LogP contribution in [0.2, 0.25) is 0 Å². The number of hydrogen-bond donors (Lipinski definition) is 0. The number of carbonyl (C=O) groups excluding carboxylic acids is 1. The minimum absolute atomic E-state index is 0.195. The molecule has 0 atom stereocenters. The zero-order valence-electron chi connectivity index (χ0n) is 10.4. The molecule has 7 heteroatoms. The lowest BCUT2D eigenvalue weighted by Gasteiger charge is -2.07. The maximum Gasteiger partial charge on any atom is 0.339 e. The van der Waals surface area contributed by atoms with Gasteiger partial charge in [0.05, 0.1) is 37.9 Å². The van der Waals surface area contributed by atoms with Gasteiger partial charge in [-0.3, -0.25) is 9.36 Å². The lowest BCUT2D eigenvalue weighted by molar-refractivity contribution is 0.0600. The van der Waals surface area contributed by atoms with Crippen LogP contribution in [0.25, 0.3) is 5.69 Å². The first kappa shape index (κ1) is 12.7. The molecule has 0 bridgehead atoms. The van der Waals surface area contributed by atoms with Crippen LogP contribution in [-0.2, 0) is 4.74 Å². The van der Waals surface area contributed by atoms with Gasteiger partial charge in [0.25, 0.3) is 5.56 Å². The maximum atomic E-state index is 11.8. The molecule has 0 unspecified atom stereocenters. The van der Waals surface area contributed by atoms with Gasteiger partial charge in [0.15, 0.2) is 0 Å². The number of aromatic nitrogens is 3. The molecule has 0 N–H and O–H groups in total. The summed E-state index contributed by atoms with van der Waals surface area (Å²) in [5.74, 6) is -0.525. The van der Waals surface area contributed by atoms with Gasteiger partial charge in [0.1, 0.15) is 0 Å². The van der Waals surface area contributed by atoms with Gasteiger partial charge in [-0.25, -0.2) is 14.8 Å². The second kappa shape index (κ2) is 5.30. The van der Waals surface area contributed by atoms with E-state index in [2.05, 4.69) is 14.7 Å². The van der Waals surface area contributed by atoms with Crippen LogP contribution in [0.4, 0.5) is 0 Å². The van der Waals surface area contributed by atoms with Crippen LogP contribution in [0, 0.1) is 0 Å². The number of rotatable bonds is 3. The zero-order chi connectivity index (χ0) is 13.8. The van der Waals surface area contributed by atoms with Crippen molar-refractivity contribution in [2.24, 2.45) is 0 Å². The number of carbonyl (C=O) groups is 1. The predicted octanol–water partition coefficient (Wildman–Crippen LogP) is 0.423. The predicted molar refractivity (Wildman–Crippen MR) is 65.5 cm³/mol. The molecule has 0 aliphatic heterocycles. The summed E-state index contributed by atoms with van der Waals surface area (Å²) in [4.78, 5) is 31.0. The van der Waals surface area contributed by atoms with Crippen molar-refractivity contribution >= 4 is 5.97 Å². The molecule has 0 aliphatic rings. The monoisotopic (exact) mass is 261 g/mol. The molecule has 0 radical (unpaired) electrons. The molecular formula is C12H11N3O4. The third kappa shape index (κ3) is 2.59. The second-order valence-corrected chi connectivity index (χ2v) is 3.55. The van der Waals surface area contributed by atoms with Crippen molar-refractivity contribution in [3.05, 3.63) is 46.6 Å². The first-order valence-corrected chi connectivity index (χ1v) is 5.33. The third-order valence-electron chi connectivity index (χ3n) is 2.41. The summed E-state index contributed by atoms with van der Waals surface area (Å²) >= 11 is 0. The van der Waals surface area contributed by atoms with E-state index in [4.69, 9.17) is 4.74 Å². The van der Waals surface area contributed by atoms with E-state index < -0.39 is 5.97 Å². The highest BCUT2D eigenvalue weighted by Crippen LogP contribution is 2.07. The normalized spacial score (nSPS) is 10.0. The Bertz CT molecular complexity index is 649. The fourth-order valence-electron chi connectivity index (χ4n) is 1.47. The van der Waals surface area contributed by atoms with Crippen molar-refractivity contribution in [1.82, 2.24) is 14.5 Å². The van der Waals surface area contributed by atoms with Gasteiger partial charge in [0.2, 0.25) is 0 Å². The largest absolute Gasteiger partial charge is 0.467 e. The number of nitrogens with zero attached hydrogens (tertiary/aromatic N) is 3. The molecule has 2 aromatic rings. The summed E-state index contributed by atoms with van der Waals surface area (Å²) in [5.41, 5.74) is 0.385. The van der Waals surface area contributed by atoms with E-state index in [0.29, 0.717) is 5.69 Å². The van der Waals surface area contributed by atoms with Crippen LogP contribution in [0.3, 0.4) is 0 Å². The van der Waals surface area contributed by atoms with Crippen LogP contribution in [0.5, 0.6) is 6.01 Å². The molecule has 7 nitrogen and oxygen atoms in total. The van der Waals surface area contributed by atoms with Crippen molar-refractivity contribution in [2.75, 3.05) is 14.2 Å². The summed E-state index contributed by atoms with van der Waals surface area (Å²) in [6.07, 6.45) is 4.22. The van der Waals surface area contributed by atoms with Gasteiger partial charge in [-0.15, -0.1) is 0 Å². The number of hydrogen-bond acceptors (Lipinski definition) is 6. The quantitative estimate of drug-likeness (QED) is 0.745. The summed E-state index contributed by atoms with van der Waals surface area (Å²) in [6.45, 7) is 0. The Hall–Kier alpha value is -2.70. The Labute approximate surface area is 108 Å². The highest BCUT2D eigenvalue weighted by atomic mass is 16.5. The fraction of sp³-hybridized carbons (Fsp3) is 0.167. The molecule has 98 valence electrons. The number of pyridine rings is 1. The molecule has 0 saturated carbocycles. The van der Waals surface area contributed by atoms with Crippen LogP contribution < -0.4 is 10.3 Å². The first-order valence-electron chi connectivity index (χ1n) is 5.33. The van der Waals surface area contributed by atoms with E-state index in [0.717, 1.165) is 0 Å². The van der Waals surface area contributed by atoms with Crippen LogP contribution in [0.1, 0.15) is 10.4 Å². The molecule has 0 aromatic carbocycles. The van der Waals surface area contributed by atoms with E-state index in [1.54, 1.807) is 0 Å². The van der Waals surface area contributed by atoms with E-state index in [1.165, 1.54) is 49.5 Å². The molecule has 2 rings (SSSR count). The molecule has 19 heavy (non-hydrogen) atoms. The highest BCUT2D eigenvalue weighted by molar-refractivity contribution is 5.88. The minimum atomic E-state index is -0.525. The highest BCUT2D eigenvalue weighted by Gasteiger charge is 2.09. The topological polar surface area (TPSA) is 83.3 Å². The van der Waals surface area contributed by atoms with Crippen molar-refractivity contribution in [3.63, 3.8) is 0 Å². The molecule has 0 saturated heterocycles. The summed E-state index contributed by atoms with van der Waals surface area (Å²) in [5, 5.41) is 0. The van der Waals surface area contributed by atoms with Crippen LogP contribution in [0.15, 0.2) is 35.5 Å². The van der Waals surface area contributed by atoms with E-state index in [9.17, 15) is 9.59 Å². The molecule has 2 aromatic heterocycles. The van der Waals surface area contributed by atoms with E-state index in [-0.39, 0.29) is 17.1 Å². The Kier molecular flexibility index (Phi) is 3.56. The molecule has 0 fully saturated rings. The molecule has 0 amide bonds. The maximum absolute atomic E-state index is 11.8. The molecule has 0 spiro atoms. The van der Waals surface area contributed by atoms with Gasteiger partial charge < -0.3 is 9.47 Å². The second-order valence-electron chi connectivity index (χ2n) is 3.55. The fourth-order valence-corrected chi connectivity index (χ4v) is 1.47. The van der Waals surface area contributed by atoms with Crippen LogP contribution in [-0.4, -0.2) is 34.7 Å². The number of methoxy groups -OCH3 is 2. The average Bonchev–Trinajstić information content (AvgIpc) is 2.47. The Morgan fingerprint density at radius 2 is 1.89 bits per heavy atom. The summed E-state index contributed by atoms with van der Waals surface area (Å²) in [7, 11) is 2.72. The smallest absolute Gasteiger partial charge is 0.339 e. The summed E-state index contributed by atoms with van der Waals surface area (Å²) in [6, 6.07) is 2.87. The standard InChI is InChI=1S/C12H11N3O4/c1-18-11(17)8-3-4-10(16)15(7-8)9-5-13-12(19-2)14-6-9/h3-7H,1-2H3. The average molecular weight is 261 g/mol. The molecule has 0 aliphatic carbocycles. The van der Waals surface area contributed by atoms with Gasteiger partial charge in [0, 0.05) is 12.3 Å². The number of ether oxygens (including phenoxy) is 2. The van der Waals surface area contributed by atoms with E-state index in [1.807, 2.05) is 0 Å². The van der Waals surface area contributed by atoms with Crippen molar-refractivity contribution in [2.45, 2.75) is 0 Å². The Morgan fingerprint density at radius 3 is 2.47 bits per heavy atom. The lowest BCUT2D eigenvalue weighted by atomic mass is 10.3. The van der Waals surface area contributed by atoms with Gasteiger partial charge in [-0.1, -0.05) is 0 Å². The molecular weight excluding hydrogens is 250 g/mol. The van der Waals surface area contributed by atoms with Gasteiger partial charge in [-0.05, 0) is 6.07 Å². The minimum Gasteiger partial charge on any atom is -0.467 e. The zero-order valence-corrected chi connectivity index (χ0v) is 10.4. The van der Waals surface area contributed by atoms with Crippen LogP contribution >= 0.6 is 0 Å². The SMILES string of the molecule is COC(=O)c1ccc(=O)n(-c2cnc(OC)nc2)c1. The Balaban J connectivity index is 2.48. The molecule has 2 heterocycles. The number of esters is 1. The van der Waals surface area contributed by atoms with Crippen molar-refractivity contribution in [1.29, 1.82) is 0 Å². The van der Waals surface area contributed by atoms with Gasteiger partial charge in [-0.2, -0.15) is 0 Å².